The Hall–Kier alpha value is -1.74. The maximum atomic E-state index is 12.5. The van der Waals surface area contributed by atoms with Crippen LogP contribution in [0.3, 0.4) is 0 Å². The summed E-state index contributed by atoms with van der Waals surface area (Å²) < 4.78 is 48.2. The first kappa shape index (κ1) is 18.6. The quantitative estimate of drug-likeness (QED) is 0.502. The number of ether oxygens (including phenoxy) is 2. The zero-order chi connectivity index (χ0) is 17.7. The Morgan fingerprint density at radius 2 is 2.33 bits per heavy atom. The molecular formula is C14H18ClF3N4O2. The van der Waals surface area contributed by atoms with E-state index in [1.807, 2.05) is 11.8 Å². The number of rotatable bonds is 4. The summed E-state index contributed by atoms with van der Waals surface area (Å²) in [5.41, 5.74) is 4.96. The summed E-state index contributed by atoms with van der Waals surface area (Å²) in [5, 5.41) is -0.205. The molecule has 1 atom stereocenters. The van der Waals surface area contributed by atoms with Gasteiger partial charge in [0.2, 0.25) is 5.88 Å². The van der Waals surface area contributed by atoms with Crippen LogP contribution in [0, 0.1) is 0 Å². The van der Waals surface area contributed by atoms with Gasteiger partial charge in [-0.2, -0.15) is 13.2 Å². The third kappa shape index (κ3) is 5.13. The second-order valence-corrected chi connectivity index (χ2v) is 5.63. The maximum Gasteiger partial charge on any atom is 0.417 e. The molecule has 2 heterocycles. The molecule has 1 aromatic heterocycles. The van der Waals surface area contributed by atoms with Crippen molar-refractivity contribution in [1.29, 1.82) is 0 Å². The van der Waals surface area contributed by atoms with E-state index in [2.05, 4.69) is 9.98 Å². The van der Waals surface area contributed by atoms with Crippen LogP contribution < -0.4 is 10.5 Å². The Labute approximate surface area is 142 Å². The molecular weight excluding hydrogens is 349 g/mol. The van der Waals surface area contributed by atoms with Crippen LogP contribution in [0.4, 0.5) is 13.2 Å². The van der Waals surface area contributed by atoms with Gasteiger partial charge in [-0.25, -0.2) is 9.98 Å². The van der Waals surface area contributed by atoms with Gasteiger partial charge in [0.25, 0.3) is 0 Å². The molecule has 2 rings (SSSR count). The number of aromatic nitrogens is 1. The van der Waals surface area contributed by atoms with Crippen molar-refractivity contribution >= 4 is 17.6 Å². The first-order valence-electron chi connectivity index (χ1n) is 7.29. The number of halogens is 4. The van der Waals surface area contributed by atoms with Gasteiger partial charge in [0, 0.05) is 19.3 Å². The number of hydrogen-bond donors (Lipinski definition) is 1. The van der Waals surface area contributed by atoms with Crippen molar-refractivity contribution in [3.05, 3.63) is 22.8 Å². The molecule has 0 aromatic carbocycles. The number of hydrogen-bond acceptors (Lipinski definition) is 4. The van der Waals surface area contributed by atoms with Crippen LogP contribution in [-0.4, -0.2) is 54.8 Å². The molecule has 1 aliphatic rings. The van der Waals surface area contributed by atoms with Crippen molar-refractivity contribution in [2.45, 2.75) is 19.2 Å². The number of aliphatic imine (C=N–C) groups is 1. The molecule has 10 heteroatoms. The van der Waals surface area contributed by atoms with E-state index >= 15 is 0 Å². The summed E-state index contributed by atoms with van der Waals surface area (Å²) in [5.74, 6) is 0.304. The standard InChI is InChI=1S/C14H18ClF3N4O2/c1-9-8-22(3-5-23-9)13(19)20-2-4-24-12-11(15)6-10(7-21-12)14(16,17)18/h6-7,9H,2-5,8H2,1H3,(H2,19,20). The number of morpholine rings is 1. The molecule has 0 bridgehead atoms. The highest BCUT2D eigenvalue weighted by Crippen LogP contribution is 2.32. The van der Waals surface area contributed by atoms with E-state index in [1.54, 1.807) is 0 Å². The molecule has 6 nitrogen and oxygen atoms in total. The maximum absolute atomic E-state index is 12.5. The normalized spacial score (nSPS) is 19.5. The predicted molar refractivity (Wildman–Crippen MR) is 83.2 cm³/mol. The minimum absolute atomic E-state index is 0.0709. The molecule has 2 N–H and O–H groups in total. The smallest absolute Gasteiger partial charge is 0.417 e. The van der Waals surface area contributed by atoms with Gasteiger partial charge in [0.15, 0.2) is 5.96 Å². The van der Waals surface area contributed by atoms with Crippen molar-refractivity contribution in [2.24, 2.45) is 10.7 Å². The Morgan fingerprint density at radius 3 is 2.96 bits per heavy atom. The third-order valence-corrected chi connectivity index (χ3v) is 3.57. The van der Waals surface area contributed by atoms with Gasteiger partial charge in [0.05, 0.1) is 24.8 Å². The highest BCUT2D eigenvalue weighted by molar-refractivity contribution is 6.31. The highest BCUT2D eigenvalue weighted by Gasteiger charge is 2.31. The first-order chi connectivity index (χ1) is 11.3. The van der Waals surface area contributed by atoms with Crippen LogP contribution in [0.15, 0.2) is 17.3 Å². The summed E-state index contributed by atoms with van der Waals surface area (Å²) in [7, 11) is 0. The number of pyridine rings is 1. The molecule has 1 saturated heterocycles. The fourth-order valence-corrected chi connectivity index (χ4v) is 2.34. The lowest BCUT2D eigenvalue weighted by atomic mass is 10.3. The SMILES string of the molecule is CC1CN(C(N)=NCCOc2ncc(C(F)(F)F)cc2Cl)CCO1. The molecule has 1 fully saturated rings. The predicted octanol–water partition coefficient (Wildman–Crippen LogP) is 2.17. The molecule has 24 heavy (non-hydrogen) atoms. The van der Waals surface area contributed by atoms with Gasteiger partial charge in [-0.05, 0) is 13.0 Å². The fourth-order valence-electron chi connectivity index (χ4n) is 2.12. The Bertz CT molecular complexity index is 598. The lowest BCUT2D eigenvalue weighted by molar-refractivity contribution is -0.137. The van der Waals surface area contributed by atoms with E-state index in [0.717, 1.165) is 6.07 Å². The summed E-state index contributed by atoms with van der Waals surface area (Å²) >= 11 is 5.74. The Morgan fingerprint density at radius 1 is 1.58 bits per heavy atom. The van der Waals surface area contributed by atoms with Crippen LogP contribution in [0.1, 0.15) is 12.5 Å². The first-order valence-corrected chi connectivity index (χ1v) is 7.67. The minimum atomic E-state index is -4.50. The van der Waals surface area contributed by atoms with Crippen LogP contribution in [-0.2, 0) is 10.9 Å². The zero-order valence-electron chi connectivity index (χ0n) is 13.0. The van der Waals surface area contributed by atoms with E-state index in [1.165, 1.54) is 0 Å². The lowest BCUT2D eigenvalue weighted by Gasteiger charge is -2.31. The van der Waals surface area contributed by atoms with Crippen molar-refractivity contribution in [2.75, 3.05) is 32.8 Å². The van der Waals surface area contributed by atoms with Crippen LogP contribution in [0.2, 0.25) is 5.02 Å². The number of nitrogens with zero attached hydrogens (tertiary/aromatic N) is 3. The molecule has 0 aliphatic carbocycles. The van der Waals surface area contributed by atoms with Gasteiger partial charge in [-0.15, -0.1) is 0 Å². The Kier molecular flexibility index (Phi) is 6.11. The third-order valence-electron chi connectivity index (χ3n) is 3.30. The van der Waals surface area contributed by atoms with E-state index in [9.17, 15) is 13.2 Å². The second kappa shape index (κ2) is 7.89. The zero-order valence-corrected chi connectivity index (χ0v) is 13.8. The molecule has 0 saturated carbocycles. The Balaban J connectivity index is 1.84. The number of nitrogens with two attached hydrogens (primary N) is 1. The molecule has 1 unspecified atom stereocenters. The number of guanidine groups is 1. The second-order valence-electron chi connectivity index (χ2n) is 5.22. The van der Waals surface area contributed by atoms with Gasteiger partial charge < -0.3 is 20.1 Å². The number of alkyl halides is 3. The molecule has 1 aromatic rings. The van der Waals surface area contributed by atoms with Gasteiger partial charge >= 0.3 is 6.18 Å². The molecule has 134 valence electrons. The van der Waals surface area contributed by atoms with Gasteiger partial charge in [-0.1, -0.05) is 11.6 Å². The van der Waals surface area contributed by atoms with Crippen molar-refractivity contribution in [3.8, 4) is 5.88 Å². The molecule has 0 amide bonds. The summed E-state index contributed by atoms with van der Waals surface area (Å²) in [4.78, 5) is 9.65. The van der Waals surface area contributed by atoms with E-state index in [0.29, 0.717) is 31.9 Å². The van der Waals surface area contributed by atoms with Crippen molar-refractivity contribution in [3.63, 3.8) is 0 Å². The average Bonchev–Trinajstić information content (AvgIpc) is 2.51. The van der Waals surface area contributed by atoms with Gasteiger partial charge in [0.1, 0.15) is 11.6 Å². The minimum Gasteiger partial charge on any atom is -0.475 e. The van der Waals surface area contributed by atoms with E-state index in [4.69, 9.17) is 26.8 Å². The van der Waals surface area contributed by atoms with E-state index < -0.39 is 11.7 Å². The van der Waals surface area contributed by atoms with Gasteiger partial charge in [-0.3, -0.25) is 0 Å². The molecule has 0 radical (unpaired) electrons. The molecule has 1 aliphatic heterocycles. The monoisotopic (exact) mass is 366 g/mol. The summed E-state index contributed by atoms with van der Waals surface area (Å²) in [6, 6.07) is 0.774. The average molecular weight is 367 g/mol. The van der Waals surface area contributed by atoms with Crippen molar-refractivity contribution in [1.82, 2.24) is 9.88 Å². The van der Waals surface area contributed by atoms with Crippen molar-refractivity contribution < 1.29 is 22.6 Å². The van der Waals surface area contributed by atoms with E-state index in [-0.39, 0.29) is 30.2 Å². The van der Waals surface area contributed by atoms with Crippen LogP contribution >= 0.6 is 11.6 Å². The largest absolute Gasteiger partial charge is 0.475 e. The lowest BCUT2D eigenvalue weighted by Crippen LogP contribution is -2.48. The highest BCUT2D eigenvalue weighted by atomic mass is 35.5. The molecule has 0 spiro atoms. The fraction of sp³-hybridized carbons (Fsp3) is 0.571. The van der Waals surface area contributed by atoms with Crippen LogP contribution in [0.25, 0.3) is 0 Å². The summed E-state index contributed by atoms with van der Waals surface area (Å²) in [6.45, 7) is 4.17. The topological polar surface area (TPSA) is 73.0 Å². The van der Waals surface area contributed by atoms with Crippen LogP contribution in [0.5, 0.6) is 5.88 Å². The summed E-state index contributed by atoms with van der Waals surface area (Å²) in [6.07, 6.45) is -3.74.